The Morgan fingerprint density at radius 1 is 1.32 bits per heavy atom. The highest BCUT2D eigenvalue weighted by atomic mass is 16.5. The van der Waals surface area contributed by atoms with Crippen LogP contribution in [0.4, 0.5) is 5.69 Å². The Morgan fingerprint density at radius 2 is 2.05 bits per heavy atom. The number of anilines is 1. The van der Waals surface area contributed by atoms with E-state index in [2.05, 4.69) is 0 Å². The van der Waals surface area contributed by atoms with Crippen molar-refractivity contribution in [3.63, 3.8) is 0 Å². The molecule has 1 aromatic carbocycles. The first-order chi connectivity index (χ1) is 10.7. The van der Waals surface area contributed by atoms with Gasteiger partial charge in [-0.2, -0.15) is 0 Å². The third-order valence-electron chi connectivity index (χ3n) is 3.56. The molecule has 120 valence electrons. The lowest BCUT2D eigenvalue weighted by Crippen LogP contribution is -2.91. The molecule has 1 heterocycles. The number of imide groups is 1. The van der Waals surface area contributed by atoms with Crippen molar-refractivity contribution >= 4 is 17.5 Å². The molecular formula is C16H23N2O4+. The number of nitrogens with zero attached hydrogens (tertiary/aromatic N) is 1. The van der Waals surface area contributed by atoms with Crippen LogP contribution in [0.15, 0.2) is 24.3 Å². The van der Waals surface area contributed by atoms with E-state index in [1.54, 1.807) is 24.3 Å². The van der Waals surface area contributed by atoms with Crippen LogP contribution in [-0.4, -0.2) is 42.7 Å². The molecule has 0 unspecified atom stereocenters. The van der Waals surface area contributed by atoms with E-state index in [1.807, 2.05) is 12.2 Å². The highest BCUT2D eigenvalue weighted by molar-refractivity contribution is 6.21. The minimum atomic E-state index is -0.380. The van der Waals surface area contributed by atoms with Crippen molar-refractivity contribution < 1.29 is 24.7 Å². The van der Waals surface area contributed by atoms with E-state index in [1.165, 1.54) is 4.90 Å². The highest BCUT2D eigenvalue weighted by Crippen LogP contribution is 2.24. The lowest BCUT2D eigenvalue weighted by atomic mass is 10.2. The summed E-state index contributed by atoms with van der Waals surface area (Å²) >= 11 is 0. The molecule has 6 nitrogen and oxygen atoms in total. The van der Waals surface area contributed by atoms with Gasteiger partial charge in [-0.1, -0.05) is 6.92 Å². The maximum atomic E-state index is 12.3. The van der Waals surface area contributed by atoms with Crippen LogP contribution < -0.4 is 15.0 Å². The first-order valence-electron chi connectivity index (χ1n) is 7.71. The number of ether oxygens (including phenoxy) is 1. The minimum absolute atomic E-state index is 0.0916. The van der Waals surface area contributed by atoms with Crippen LogP contribution in [0.3, 0.4) is 0 Å². The number of rotatable bonds is 8. The predicted molar refractivity (Wildman–Crippen MR) is 81.6 cm³/mol. The van der Waals surface area contributed by atoms with Crippen LogP contribution in [0.1, 0.15) is 26.2 Å². The van der Waals surface area contributed by atoms with Gasteiger partial charge in [-0.15, -0.1) is 0 Å². The molecule has 1 aromatic rings. The normalized spacial score (nSPS) is 18.1. The molecule has 1 fully saturated rings. The average molecular weight is 307 g/mol. The molecule has 2 amide bonds. The number of aliphatic hydroxyl groups excluding tert-OH is 1. The fourth-order valence-electron chi connectivity index (χ4n) is 2.43. The van der Waals surface area contributed by atoms with Crippen LogP contribution in [0.2, 0.25) is 0 Å². The fourth-order valence-corrected chi connectivity index (χ4v) is 2.43. The van der Waals surface area contributed by atoms with E-state index in [9.17, 15) is 9.59 Å². The number of quaternary nitrogens is 1. The van der Waals surface area contributed by atoms with Crippen LogP contribution in [0, 0.1) is 0 Å². The van der Waals surface area contributed by atoms with Gasteiger partial charge in [-0.05, 0) is 30.7 Å². The number of aliphatic hydroxyl groups is 1. The van der Waals surface area contributed by atoms with Gasteiger partial charge in [0.1, 0.15) is 5.75 Å². The first-order valence-corrected chi connectivity index (χ1v) is 7.71. The molecule has 1 saturated heterocycles. The molecule has 3 N–H and O–H groups in total. The Hall–Kier alpha value is -1.92. The maximum absolute atomic E-state index is 12.3. The van der Waals surface area contributed by atoms with Gasteiger partial charge in [-0.25, -0.2) is 4.90 Å². The summed E-state index contributed by atoms with van der Waals surface area (Å²) in [5.74, 6) is 0.360. The summed E-state index contributed by atoms with van der Waals surface area (Å²) in [5.41, 5.74) is 0.580. The highest BCUT2D eigenvalue weighted by Gasteiger charge is 2.41. The van der Waals surface area contributed by atoms with Crippen molar-refractivity contribution in [3.8, 4) is 5.75 Å². The van der Waals surface area contributed by atoms with E-state index >= 15 is 0 Å². The van der Waals surface area contributed by atoms with Gasteiger partial charge in [0.15, 0.2) is 6.04 Å². The van der Waals surface area contributed by atoms with E-state index in [0.717, 1.165) is 12.2 Å². The number of nitrogens with two attached hydrogens (primary N) is 1. The van der Waals surface area contributed by atoms with E-state index in [4.69, 9.17) is 9.84 Å². The van der Waals surface area contributed by atoms with E-state index in [-0.39, 0.29) is 30.9 Å². The molecule has 1 aliphatic heterocycles. The number of hydrogen-bond donors (Lipinski definition) is 2. The van der Waals surface area contributed by atoms with Crippen LogP contribution >= 0.6 is 0 Å². The SMILES string of the molecule is CCCOc1ccc(N2C(=O)C[C@@H]([NH2+]CCCO)C2=O)cc1. The zero-order valence-corrected chi connectivity index (χ0v) is 12.8. The second-order valence-electron chi connectivity index (χ2n) is 5.32. The van der Waals surface area contributed by atoms with Gasteiger partial charge in [0.25, 0.3) is 5.91 Å². The summed E-state index contributed by atoms with van der Waals surface area (Å²) < 4.78 is 5.49. The largest absolute Gasteiger partial charge is 0.494 e. The van der Waals surface area contributed by atoms with Gasteiger partial charge in [0.05, 0.1) is 25.3 Å². The van der Waals surface area contributed by atoms with E-state index < -0.39 is 0 Å². The smallest absolute Gasteiger partial charge is 0.292 e. The third-order valence-corrected chi connectivity index (χ3v) is 3.56. The summed E-state index contributed by atoms with van der Waals surface area (Å²) in [6.07, 6.45) is 1.75. The predicted octanol–water partition coefficient (Wildman–Crippen LogP) is 0.0531. The number of amides is 2. The van der Waals surface area contributed by atoms with Crippen molar-refractivity contribution in [1.29, 1.82) is 0 Å². The maximum Gasteiger partial charge on any atom is 0.292 e. The topological polar surface area (TPSA) is 83.4 Å². The Morgan fingerprint density at radius 3 is 2.68 bits per heavy atom. The molecule has 0 bridgehead atoms. The molecule has 0 aromatic heterocycles. The number of benzene rings is 1. The second kappa shape index (κ2) is 7.91. The number of hydrogen-bond acceptors (Lipinski definition) is 4. The summed E-state index contributed by atoms with van der Waals surface area (Å²) in [6.45, 7) is 3.40. The van der Waals surface area contributed by atoms with E-state index in [0.29, 0.717) is 25.3 Å². The van der Waals surface area contributed by atoms with Gasteiger partial charge >= 0.3 is 0 Å². The minimum Gasteiger partial charge on any atom is -0.494 e. The van der Waals surface area contributed by atoms with Crippen molar-refractivity contribution in [2.24, 2.45) is 0 Å². The van der Waals surface area contributed by atoms with Crippen molar-refractivity contribution in [2.45, 2.75) is 32.2 Å². The van der Waals surface area contributed by atoms with Crippen LogP contribution in [0.5, 0.6) is 5.75 Å². The molecule has 2 rings (SSSR count). The molecule has 0 spiro atoms. The van der Waals surface area contributed by atoms with Gasteiger partial charge < -0.3 is 15.2 Å². The zero-order valence-electron chi connectivity index (χ0n) is 12.8. The molecule has 0 saturated carbocycles. The Balaban J connectivity index is 2.01. The zero-order chi connectivity index (χ0) is 15.9. The van der Waals surface area contributed by atoms with Crippen LogP contribution in [-0.2, 0) is 9.59 Å². The van der Waals surface area contributed by atoms with Gasteiger partial charge in [0, 0.05) is 13.0 Å². The molecular weight excluding hydrogens is 284 g/mol. The molecule has 6 heteroatoms. The van der Waals surface area contributed by atoms with Gasteiger partial charge in [-0.3, -0.25) is 9.59 Å². The fraction of sp³-hybridized carbons (Fsp3) is 0.500. The quantitative estimate of drug-likeness (QED) is 0.525. The lowest BCUT2D eigenvalue weighted by molar-refractivity contribution is -0.674. The van der Waals surface area contributed by atoms with Crippen molar-refractivity contribution in [1.82, 2.24) is 0 Å². The summed E-state index contributed by atoms with van der Waals surface area (Å²) in [6, 6.07) is 6.63. The monoisotopic (exact) mass is 307 g/mol. The Kier molecular flexibility index (Phi) is 5.91. The lowest BCUT2D eigenvalue weighted by Gasteiger charge is -2.15. The van der Waals surface area contributed by atoms with Crippen molar-refractivity contribution in [3.05, 3.63) is 24.3 Å². The Bertz CT molecular complexity index is 515. The second-order valence-corrected chi connectivity index (χ2v) is 5.32. The van der Waals surface area contributed by atoms with Crippen molar-refractivity contribution in [2.75, 3.05) is 24.7 Å². The average Bonchev–Trinajstić information content (AvgIpc) is 2.80. The molecule has 22 heavy (non-hydrogen) atoms. The first kappa shape index (κ1) is 16.5. The summed E-state index contributed by atoms with van der Waals surface area (Å²) in [5, 5.41) is 10.6. The van der Waals surface area contributed by atoms with Gasteiger partial charge in [0.2, 0.25) is 5.91 Å². The third kappa shape index (κ3) is 3.84. The molecule has 1 aliphatic rings. The number of carbonyl (C=O) groups is 2. The number of carbonyl (C=O) groups excluding carboxylic acids is 2. The standard InChI is InChI=1S/C16H22N2O4/c1-2-10-22-13-6-4-12(5-7-13)18-15(20)11-14(16(18)21)17-8-3-9-19/h4-7,14,17,19H,2-3,8-11H2,1H3/p+1/t14-/m1/s1. The molecule has 1 atom stereocenters. The molecule has 0 aliphatic carbocycles. The van der Waals surface area contributed by atoms with Crippen LogP contribution in [0.25, 0.3) is 0 Å². The summed E-state index contributed by atoms with van der Waals surface area (Å²) in [7, 11) is 0. The molecule has 0 radical (unpaired) electrons. The summed E-state index contributed by atoms with van der Waals surface area (Å²) in [4.78, 5) is 25.7. The Labute approximate surface area is 130 Å².